The van der Waals surface area contributed by atoms with Gasteiger partial charge in [0.1, 0.15) is 17.7 Å². The normalized spacial score (nSPS) is 12.3. The molecule has 0 saturated heterocycles. The molecule has 0 aliphatic carbocycles. The van der Waals surface area contributed by atoms with Crippen LogP contribution >= 0.6 is 27.5 Å². The summed E-state index contributed by atoms with van der Waals surface area (Å²) in [4.78, 5) is 0. The lowest BCUT2D eigenvalue weighted by Gasteiger charge is -2.16. The Morgan fingerprint density at radius 2 is 1.90 bits per heavy atom. The smallest absolute Gasteiger partial charge is 0.132 e. The van der Waals surface area contributed by atoms with E-state index in [0.29, 0.717) is 10.7 Å². The maximum Gasteiger partial charge on any atom is 0.132 e. The third-order valence-corrected chi connectivity index (χ3v) is 4.13. The highest BCUT2D eigenvalue weighted by Gasteiger charge is 2.18. The summed E-state index contributed by atoms with van der Waals surface area (Å²) in [5, 5.41) is 13.4. The minimum atomic E-state index is -1.31. The number of benzene rings is 2. The summed E-state index contributed by atoms with van der Waals surface area (Å²) >= 11 is 9.39. The van der Waals surface area contributed by atoms with Crippen molar-refractivity contribution in [1.29, 1.82) is 0 Å². The Labute approximate surface area is 134 Å². The number of anilines is 1. The molecule has 2 N–H and O–H groups in total. The highest BCUT2D eigenvalue weighted by atomic mass is 79.9. The predicted molar refractivity (Wildman–Crippen MR) is 83.7 cm³/mol. The summed E-state index contributed by atoms with van der Waals surface area (Å²) in [5.41, 5.74) is 1.19. The van der Waals surface area contributed by atoms with Crippen molar-refractivity contribution in [1.82, 2.24) is 0 Å². The molecule has 0 aliphatic rings. The summed E-state index contributed by atoms with van der Waals surface area (Å²) in [6.45, 7) is 1.82. The molecular weight excluding hydrogens is 364 g/mol. The molecule has 0 aliphatic heterocycles. The average molecular weight is 377 g/mol. The van der Waals surface area contributed by atoms with Crippen molar-refractivity contribution in [3.63, 3.8) is 0 Å². The summed E-state index contributed by atoms with van der Waals surface area (Å²) in [6.07, 6.45) is -1.31. The van der Waals surface area contributed by atoms with Crippen molar-refractivity contribution in [2.75, 3.05) is 11.9 Å². The van der Waals surface area contributed by atoms with Gasteiger partial charge in [0.2, 0.25) is 0 Å². The third-order valence-electron chi connectivity index (χ3n) is 3.07. The van der Waals surface area contributed by atoms with E-state index >= 15 is 0 Å². The molecule has 0 spiro atoms. The first-order valence-corrected chi connectivity index (χ1v) is 7.38. The SMILES string of the molecule is Cc1cc(Br)c(NCC(O)c2c(F)cccc2F)cc1Cl. The van der Waals surface area contributed by atoms with Gasteiger partial charge in [0.15, 0.2) is 0 Å². The molecule has 21 heavy (non-hydrogen) atoms. The molecule has 0 aromatic heterocycles. The number of hydrogen-bond acceptors (Lipinski definition) is 2. The first-order chi connectivity index (χ1) is 9.90. The second kappa shape index (κ2) is 6.73. The largest absolute Gasteiger partial charge is 0.386 e. The van der Waals surface area contributed by atoms with Gasteiger partial charge < -0.3 is 10.4 Å². The van der Waals surface area contributed by atoms with E-state index in [9.17, 15) is 13.9 Å². The van der Waals surface area contributed by atoms with Gasteiger partial charge in [-0.25, -0.2) is 8.78 Å². The number of aryl methyl sites for hydroxylation is 1. The average Bonchev–Trinajstić information content (AvgIpc) is 2.41. The molecule has 0 radical (unpaired) electrons. The summed E-state index contributed by atoms with van der Waals surface area (Å²) < 4.78 is 27.9. The van der Waals surface area contributed by atoms with Gasteiger partial charge in [-0.05, 0) is 52.7 Å². The molecule has 0 amide bonds. The van der Waals surface area contributed by atoms with Crippen molar-refractivity contribution >= 4 is 33.2 Å². The van der Waals surface area contributed by atoms with Crippen LogP contribution in [0.2, 0.25) is 5.02 Å². The van der Waals surface area contributed by atoms with E-state index in [1.165, 1.54) is 6.07 Å². The van der Waals surface area contributed by atoms with Crippen molar-refractivity contribution in [3.8, 4) is 0 Å². The Kier molecular flexibility index (Phi) is 5.19. The summed E-state index contributed by atoms with van der Waals surface area (Å²) in [5.74, 6) is -1.55. The first-order valence-electron chi connectivity index (χ1n) is 6.21. The Bertz CT molecular complexity index is 646. The lowest BCUT2D eigenvalue weighted by Crippen LogP contribution is -2.15. The fourth-order valence-electron chi connectivity index (χ4n) is 1.92. The molecule has 112 valence electrons. The molecule has 2 nitrogen and oxygen atoms in total. The van der Waals surface area contributed by atoms with Crippen LogP contribution in [0.15, 0.2) is 34.8 Å². The number of aliphatic hydroxyl groups is 1. The summed E-state index contributed by atoms with van der Waals surface area (Å²) in [6, 6.07) is 6.98. The molecule has 2 aromatic carbocycles. The van der Waals surface area contributed by atoms with Gasteiger partial charge in [-0.3, -0.25) is 0 Å². The molecule has 6 heteroatoms. The lowest BCUT2D eigenvalue weighted by atomic mass is 10.1. The van der Waals surface area contributed by atoms with E-state index in [1.54, 1.807) is 6.07 Å². The van der Waals surface area contributed by atoms with Gasteiger partial charge in [0, 0.05) is 16.0 Å². The Balaban J connectivity index is 2.15. The van der Waals surface area contributed by atoms with Crippen LogP contribution in [0.3, 0.4) is 0 Å². The van der Waals surface area contributed by atoms with E-state index < -0.39 is 17.7 Å². The van der Waals surface area contributed by atoms with Gasteiger partial charge in [-0.1, -0.05) is 17.7 Å². The van der Waals surface area contributed by atoms with Crippen LogP contribution in [0.4, 0.5) is 14.5 Å². The highest BCUT2D eigenvalue weighted by molar-refractivity contribution is 9.10. The van der Waals surface area contributed by atoms with Crippen LogP contribution < -0.4 is 5.32 Å². The zero-order chi connectivity index (χ0) is 15.6. The molecular formula is C15H13BrClF2NO. The van der Waals surface area contributed by atoms with Gasteiger partial charge in [-0.15, -0.1) is 0 Å². The minimum absolute atomic E-state index is 0.0458. The van der Waals surface area contributed by atoms with Crippen LogP contribution in [-0.2, 0) is 0 Å². The van der Waals surface area contributed by atoms with E-state index in [1.807, 2.05) is 13.0 Å². The predicted octanol–water partition coefficient (Wildman–Crippen LogP) is 4.83. The van der Waals surface area contributed by atoms with Crippen molar-refractivity contribution in [2.45, 2.75) is 13.0 Å². The molecule has 0 heterocycles. The zero-order valence-electron chi connectivity index (χ0n) is 11.1. The van der Waals surface area contributed by atoms with E-state index in [2.05, 4.69) is 21.2 Å². The van der Waals surface area contributed by atoms with Gasteiger partial charge >= 0.3 is 0 Å². The molecule has 1 atom stereocenters. The standard InChI is InChI=1S/C15H13BrClF2NO/c1-8-5-9(16)13(6-10(8)17)20-7-14(21)15-11(18)3-2-4-12(15)19/h2-6,14,20-21H,7H2,1H3. The van der Waals surface area contributed by atoms with Gasteiger partial charge in [-0.2, -0.15) is 0 Å². The number of hydrogen-bond donors (Lipinski definition) is 2. The molecule has 2 aromatic rings. The fourth-order valence-corrected chi connectivity index (χ4v) is 2.68. The van der Waals surface area contributed by atoms with Gasteiger partial charge in [0.05, 0.1) is 11.3 Å². The van der Waals surface area contributed by atoms with Crippen molar-refractivity contribution < 1.29 is 13.9 Å². The van der Waals surface area contributed by atoms with Crippen LogP contribution in [0, 0.1) is 18.6 Å². The highest BCUT2D eigenvalue weighted by Crippen LogP contribution is 2.30. The van der Waals surface area contributed by atoms with Crippen LogP contribution in [0.1, 0.15) is 17.2 Å². The quantitative estimate of drug-likeness (QED) is 0.801. The second-order valence-electron chi connectivity index (χ2n) is 4.61. The Morgan fingerprint density at radius 1 is 1.29 bits per heavy atom. The van der Waals surface area contributed by atoms with Gasteiger partial charge in [0.25, 0.3) is 0 Å². The maximum absolute atomic E-state index is 13.6. The molecule has 2 rings (SSSR count). The number of halogens is 4. The second-order valence-corrected chi connectivity index (χ2v) is 5.87. The number of aliphatic hydroxyl groups excluding tert-OH is 1. The van der Waals surface area contributed by atoms with Crippen molar-refractivity contribution in [3.05, 3.63) is 62.6 Å². The maximum atomic E-state index is 13.6. The van der Waals surface area contributed by atoms with Crippen LogP contribution in [-0.4, -0.2) is 11.7 Å². The van der Waals surface area contributed by atoms with Crippen LogP contribution in [0.25, 0.3) is 0 Å². The minimum Gasteiger partial charge on any atom is -0.386 e. The summed E-state index contributed by atoms with van der Waals surface area (Å²) in [7, 11) is 0. The van der Waals surface area contributed by atoms with E-state index in [4.69, 9.17) is 11.6 Å². The lowest BCUT2D eigenvalue weighted by molar-refractivity contribution is 0.181. The number of rotatable bonds is 4. The van der Waals surface area contributed by atoms with Crippen LogP contribution in [0.5, 0.6) is 0 Å². The Morgan fingerprint density at radius 3 is 2.52 bits per heavy atom. The van der Waals surface area contributed by atoms with E-state index in [-0.39, 0.29) is 12.1 Å². The fraction of sp³-hybridized carbons (Fsp3) is 0.200. The molecule has 0 bridgehead atoms. The zero-order valence-corrected chi connectivity index (χ0v) is 13.5. The monoisotopic (exact) mass is 375 g/mol. The molecule has 1 unspecified atom stereocenters. The molecule has 0 saturated carbocycles. The number of nitrogens with one attached hydrogen (secondary N) is 1. The molecule has 0 fully saturated rings. The Hall–Kier alpha value is -1.17. The van der Waals surface area contributed by atoms with Crippen molar-refractivity contribution in [2.24, 2.45) is 0 Å². The van der Waals surface area contributed by atoms with E-state index in [0.717, 1.165) is 22.2 Å². The first kappa shape index (κ1) is 16.2. The topological polar surface area (TPSA) is 32.3 Å². The third kappa shape index (κ3) is 3.73.